The van der Waals surface area contributed by atoms with E-state index in [1.165, 1.54) is 18.2 Å². The van der Waals surface area contributed by atoms with Gasteiger partial charge in [0.15, 0.2) is 11.5 Å². The van der Waals surface area contributed by atoms with E-state index in [4.69, 9.17) is 0 Å². The van der Waals surface area contributed by atoms with Crippen LogP contribution in [0.25, 0.3) is 0 Å². The Kier molecular flexibility index (Phi) is 3.14. The highest BCUT2D eigenvalue weighted by atomic mass is 19.4. The lowest BCUT2D eigenvalue weighted by Gasteiger charge is -2.10. The molecule has 0 unspecified atom stereocenters. The third kappa shape index (κ3) is 2.40. The first-order valence-electron chi connectivity index (χ1n) is 5.12. The van der Waals surface area contributed by atoms with Crippen molar-refractivity contribution in [2.24, 2.45) is 0 Å². The van der Waals surface area contributed by atoms with E-state index in [1.807, 2.05) is 0 Å². The summed E-state index contributed by atoms with van der Waals surface area (Å²) < 4.78 is 38.1. The summed E-state index contributed by atoms with van der Waals surface area (Å²) >= 11 is 0. The van der Waals surface area contributed by atoms with Crippen LogP contribution in [-0.4, -0.2) is 10.8 Å². The molecule has 5 heteroatoms. The van der Waals surface area contributed by atoms with E-state index in [-0.39, 0.29) is 5.56 Å². The second-order valence-electron chi connectivity index (χ2n) is 3.59. The van der Waals surface area contributed by atoms with E-state index in [2.05, 4.69) is 4.98 Å². The molecule has 0 aliphatic heterocycles. The Bertz CT molecular complexity index is 564. The van der Waals surface area contributed by atoms with Gasteiger partial charge >= 0.3 is 6.18 Å². The van der Waals surface area contributed by atoms with Gasteiger partial charge in [0.05, 0.1) is 5.56 Å². The maximum absolute atomic E-state index is 12.7. The molecule has 2 aromatic rings. The standard InChI is InChI=1S/C13H8F3NO/c14-13(15,16)12-10(7-4-8-17-12)11(18)9-5-2-1-3-6-9/h1-8H. The normalized spacial score (nSPS) is 11.3. The number of rotatable bonds is 2. The zero-order valence-corrected chi connectivity index (χ0v) is 9.11. The van der Waals surface area contributed by atoms with Gasteiger partial charge in [0.2, 0.25) is 0 Å². The molecule has 0 atom stereocenters. The lowest BCUT2D eigenvalue weighted by molar-refractivity contribution is -0.141. The van der Waals surface area contributed by atoms with E-state index in [1.54, 1.807) is 18.2 Å². The van der Waals surface area contributed by atoms with Crippen molar-refractivity contribution < 1.29 is 18.0 Å². The number of benzene rings is 1. The van der Waals surface area contributed by atoms with Crippen LogP contribution in [0.5, 0.6) is 0 Å². The maximum Gasteiger partial charge on any atom is 0.434 e. The molecule has 2 nitrogen and oxygen atoms in total. The molecule has 1 aromatic carbocycles. The van der Waals surface area contributed by atoms with Crippen molar-refractivity contribution in [1.29, 1.82) is 0 Å². The number of pyridine rings is 1. The van der Waals surface area contributed by atoms with Crippen molar-refractivity contribution in [3.8, 4) is 0 Å². The Hall–Kier alpha value is -2.17. The van der Waals surface area contributed by atoms with Crippen molar-refractivity contribution in [3.05, 3.63) is 65.5 Å². The molecule has 2 rings (SSSR count). The van der Waals surface area contributed by atoms with Gasteiger partial charge in [0, 0.05) is 11.8 Å². The zero-order chi connectivity index (χ0) is 13.2. The average Bonchev–Trinajstić information content (AvgIpc) is 2.38. The summed E-state index contributed by atoms with van der Waals surface area (Å²) in [6.45, 7) is 0. The first-order valence-corrected chi connectivity index (χ1v) is 5.12. The molecular formula is C13H8F3NO. The van der Waals surface area contributed by atoms with Gasteiger partial charge in [-0.05, 0) is 12.1 Å². The van der Waals surface area contributed by atoms with E-state index >= 15 is 0 Å². The smallest absolute Gasteiger partial charge is 0.289 e. The van der Waals surface area contributed by atoms with Crippen LogP contribution in [0.15, 0.2) is 48.7 Å². The molecule has 0 amide bonds. The van der Waals surface area contributed by atoms with Gasteiger partial charge in [-0.15, -0.1) is 0 Å². The van der Waals surface area contributed by atoms with Crippen LogP contribution in [0.2, 0.25) is 0 Å². The molecule has 18 heavy (non-hydrogen) atoms. The first-order chi connectivity index (χ1) is 8.50. The fourth-order valence-corrected chi connectivity index (χ4v) is 1.56. The lowest BCUT2D eigenvalue weighted by atomic mass is 10.0. The third-order valence-electron chi connectivity index (χ3n) is 2.36. The van der Waals surface area contributed by atoms with Crippen LogP contribution in [0.4, 0.5) is 13.2 Å². The number of ketones is 1. The topological polar surface area (TPSA) is 30.0 Å². The molecule has 0 N–H and O–H groups in total. The quantitative estimate of drug-likeness (QED) is 0.766. The zero-order valence-electron chi connectivity index (χ0n) is 9.11. The van der Waals surface area contributed by atoms with E-state index in [9.17, 15) is 18.0 Å². The minimum Gasteiger partial charge on any atom is -0.289 e. The van der Waals surface area contributed by atoms with Crippen molar-refractivity contribution in [2.45, 2.75) is 6.18 Å². The van der Waals surface area contributed by atoms with Gasteiger partial charge in [-0.1, -0.05) is 30.3 Å². The highest BCUT2D eigenvalue weighted by Crippen LogP contribution is 2.30. The van der Waals surface area contributed by atoms with Gasteiger partial charge in [0.25, 0.3) is 0 Å². The van der Waals surface area contributed by atoms with Gasteiger partial charge in [0.1, 0.15) is 0 Å². The highest BCUT2D eigenvalue weighted by Gasteiger charge is 2.36. The Morgan fingerprint density at radius 1 is 1.00 bits per heavy atom. The van der Waals surface area contributed by atoms with E-state index < -0.39 is 23.2 Å². The van der Waals surface area contributed by atoms with Crippen LogP contribution in [0.3, 0.4) is 0 Å². The number of aromatic nitrogens is 1. The average molecular weight is 251 g/mol. The molecule has 92 valence electrons. The fourth-order valence-electron chi connectivity index (χ4n) is 1.56. The second kappa shape index (κ2) is 4.60. The Balaban J connectivity index is 2.50. The minimum absolute atomic E-state index is 0.205. The largest absolute Gasteiger partial charge is 0.434 e. The summed E-state index contributed by atoms with van der Waals surface area (Å²) in [7, 11) is 0. The molecule has 0 spiro atoms. The third-order valence-corrected chi connectivity index (χ3v) is 2.36. The lowest BCUT2D eigenvalue weighted by Crippen LogP contribution is -2.15. The van der Waals surface area contributed by atoms with Gasteiger partial charge in [-0.25, -0.2) is 0 Å². The fraction of sp³-hybridized carbons (Fsp3) is 0.0769. The van der Waals surface area contributed by atoms with E-state index in [0.717, 1.165) is 12.3 Å². The molecule has 0 saturated heterocycles. The number of carbonyl (C=O) groups is 1. The second-order valence-corrected chi connectivity index (χ2v) is 3.59. The van der Waals surface area contributed by atoms with Crippen LogP contribution >= 0.6 is 0 Å². The predicted octanol–water partition coefficient (Wildman–Crippen LogP) is 3.33. The predicted molar refractivity (Wildman–Crippen MR) is 59.1 cm³/mol. The Morgan fingerprint density at radius 3 is 2.28 bits per heavy atom. The van der Waals surface area contributed by atoms with Crippen LogP contribution in [-0.2, 0) is 6.18 Å². The van der Waals surface area contributed by atoms with Crippen LogP contribution in [0, 0.1) is 0 Å². The summed E-state index contributed by atoms with van der Waals surface area (Å²) in [5, 5.41) is 0. The van der Waals surface area contributed by atoms with Gasteiger partial charge < -0.3 is 0 Å². The maximum atomic E-state index is 12.7. The van der Waals surface area contributed by atoms with Gasteiger partial charge in [-0.3, -0.25) is 9.78 Å². The highest BCUT2D eigenvalue weighted by molar-refractivity contribution is 6.09. The molecule has 0 aliphatic carbocycles. The number of nitrogens with zero attached hydrogens (tertiary/aromatic N) is 1. The number of alkyl halides is 3. The molecule has 0 saturated carbocycles. The molecule has 1 aromatic heterocycles. The number of hydrogen-bond donors (Lipinski definition) is 0. The molecular weight excluding hydrogens is 243 g/mol. The molecule has 0 fully saturated rings. The van der Waals surface area contributed by atoms with E-state index in [0.29, 0.717) is 0 Å². The van der Waals surface area contributed by atoms with Crippen molar-refractivity contribution in [2.75, 3.05) is 0 Å². The molecule has 0 aliphatic rings. The molecule has 1 heterocycles. The Morgan fingerprint density at radius 2 is 1.67 bits per heavy atom. The number of halogens is 3. The number of hydrogen-bond acceptors (Lipinski definition) is 2. The Labute approximate surface area is 101 Å². The SMILES string of the molecule is O=C(c1ccccc1)c1cccnc1C(F)(F)F. The van der Waals surface area contributed by atoms with Crippen LogP contribution < -0.4 is 0 Å². The molecule has 0 radical (unpaired) electrons. The van der Waals surface area contributed by atoms with Crippen LogP contribution in [0.1, 0.15) is 21.6 Å². The summed E-state index contributed by atoms with van der Waals surface area (Å²) in [6.07, 6.45) is -3.62. The van der Waals surface area contributed by atoms with Gasteiger partial charge in [-0.2, -0.15) is 13.2 Å². The van der Waals surface area contributed by atoms with Crippen molar-refractivity contribution >= 4 is 5.78 Å². The van der Waals surface area contributed by atoms with Crippen molar-refractivity contribution in [3.63, 3.8) is 0 Å². The molecule has 0 bridgehead atoms. The first kappa shape index (κ1) is 12.3. The minimum atomic E-state index is -4.64. The summed E-state index contributed by atoms with van der Waals surface area (Å²) in [6, 6.07) is 10.2. The monoisotopic (exact) mass is 251 g/mol. The number of carbonyl (C=O) groups excluding carboxylic acids is 1. The summed E-state index contributed by atoms with van der Waals surface area (Å²) in [5.74, 6) is -0.684. The summed E-state index contributed by atoms with van der Waals surface area (Å²) in [5.41, 5.74) is -1.38. The summed E-state index contributed by atoms with van der Waals surface area (Å²) in [4.78, 5) is 15.2. The van der Waals surface area contributed by atoms with Crippen molar-refractivity contribution in [1.82, 2.24) is 4.98 Å².